The summed E-state index contributed by atoms with van der Waals surface area (Å²) in [6.07, 6.45) is 7.05. The van der Waals surface area contributed by atoms with E-state index in [0.29, 0.717) is 30.7 Å². The molecule has 0 aromatic carbocycles. The Balaban J connectivity index is 1.62. The Morgan fingerprint density at radius 3 is 2.53 bits per heavy atom. The van der Waals surface area contributed by atoms with E-state index in [2.05, 4.69) is 25.6 Å². The minimum absolute atomic E-state index is 0.0142. The van der Waals surface area contributed by atoms with Crippen molar-refractivity contribution >= 4 is 47.0 Å². The van der Waals surface area contributed by atoms with E-state index in [9.17, 15) is 19.8 Å². The molecule has 1 saturated heterocycles. The summed E-state index contributed by atoms with van der Waals surface area (Å²) >= 11 is 6.11. The van der Waals surface area contributed by atoms with Crippen LogP contribution in [0.2, 0.25) is 0 Å². The van der Waals surface area contributed by atoms with Gasteiger partial charge in [0.2, 0.25) is 5.82 Å². The van der Waals surface area contributed by atoms with Crippen LogP contribution in [0.15, 0.2) is 22.0 Å². The number of nitrogens with two attached hydrogens (primary N) is 1. The van der Waals surface area contributed by atoms with Crippen LogP contribution in [0.4, 0.5) is 16.0 Å². The van der Waals surface area contributed by atoms with E-state index in [1.165, 1.54) is 11.1 Å². The number of carboxylic acid groups (broad SMARTS) is 2. The maximum absolute atomic E-state index is 16.1. The molecule has 0 spiro atoms. The highest BCUT2D eigenvalue weighted by atomic mass is 35.5. The highest BCUT2D eigenvalue weighted by molar-refractivity contribution is 6.29. The second-order valence-corrected chi connectivity index (χ2v) is 10.8. The van der Waals surface area contributed by atoms with E-state index in [1.54, 1.807) is 6.21 Å². The SMILES string of the molecule is CC1N=CC(c2nc(NC3C4CCC(CC4)[C@@H]3C(=O)O)c(F)c(N3CCC[C@H]3C(=O)O)n2)=C1N/C(Cl)=C\N. The fourth-order valence-electron chi connectivity index (χ4n) is 6.36. The molecule has 2 bridgehead atoms. The minimum atomic E-state index is -1.07. The zero-order chi connectivity index (χ0) is 27.1. The first-order chi connectivity index (χ1) is 18.2. The quantitative estimate of drug-likeness (QED) is 0.305. The number of rotatable bonds is 8. The van der Waals surface area contributed by atoms with Crippen LogP contribution in [0, 0.1) is 23.6 Å². The summed E-state index contributed by atoms with van der Waals surface area (Å²) in [5, 5.41) is 26.0. The molecule has 5 aliphatic rings. The Morgan fingerprint density at radius 1 is 1.16 bits per heavy atom. The average molecular weight is 548 g/mol. The summed E-state index contributed by atoms with van der Waals surface area (Å²) in [7, 11) is 0. The summed E-state index contributed by atoms with van der Waals surface area (Å²) in [4.78, 5) is 39.0. The zero-order valence-corrected chi connectivity index (χ0v) is 21.7. The van der Waals surface area contributed by atoms with Crippen LogP contribution in [0.5, 0.6) is 0 Å². The molecule has 1 aromatic rings. The van der Waals surface area contributed by atoms with Gasteiger partial charge in [-0.15, -0.1) is 0 Å². The number of aliphatic imine (C=N–C) groups is 1. The number of nitrogens with one attached hydrogen (secondary N) is 2. The van der Waals surface area contributed by atoms with Gasteiger partial charge in [-0.3, -0.25) is 9.79 Å². The number of hydrogen-bond acceptors (Lipinski definition) is 9. The van der Waals surface area contributed by atoms with Crippen molar-refractivity contribution in [3.8, 4) is 0 Å². The fourth-order valence-corrected chi connectivity index (χ4v) is 6.47. The Kier molecular flexibility index (Phi) is 7.17. The number of nitrogens with zero attached hydrogens (tertiary/aromatic N) is 4. The van der Waals surface area contributed by atoms with Gasteiger partial charge in [0.05, 0.1) is 23.2 Å². The molecule has 3 saturated carbocycles. The molecule has 13 heteroatoms. The first-order valence-corrected chi connectivity index (χ1v) is 13.3. The monoisotopic (exact) mass is 547 g/mol. The Morgan fingerprint density at radius 2 is 1.87 bits per heavy atom. The van der Waals surface area contributed by atoms with E-state index in [4.69, 9.17) is 17.3 Å². The summed E-state index contributed by atoms with van der Waals surface area (Å²) in [5.74, 6) is -3.54. The van der Waals surface area contributed by atoms with Crippen LogP contribution < -0.4 is 21.3 Å². The number of carboxylic acids is 2. The third-order valence-electron chi connectivity index (χ3n) is 8.23. The molecule has 6 N–H and O–H groups in total. The van der Waals surface area contributed by atoms with Gasteiger partial charge in [-0.2, -0.15) is 4.39 Å². The van der Waals surface area contributed by atoms with Gasteiger partial charge in [-0.1, -0.05) is 11.6 Å². The second-order valence-electron chi connectivity index (χ2n) is 10.4. The summed E-state index contributed by atoms with van der Waals surface area (Å²) in [5.41, 5.74) is 6.53. The standard InChI is InChI=1S/C25H31ClFN7O4/c1-11-19(30-16(26)9-28)14(10-29-11)21-32-22(18(27)23(33-21)34-8-2-3-15(34)24(35)36)31-20-13-6-4-12(5-7-13)17(20)25(37)38/h9-13,15,17,20,30H,2-8,28H2,1H3,(H,35,36)(H,37,38)(H,31,32,33)/b16-9-/t11?,12?,13?,15-,17-,20?/m0/s1. The fraction of sp³-hybridized carbons (Fsp3) is 0.560. The van der Waals surface area contributed by atoms with E-state index < -0.39 is 35.8 Å². The Bertz CT molecular complexity index is 1230. The molecule has 3 heterocycles. The lowest BCUT2D eigenvalue weighted by Gasteiger charge is -2.47. The predicted molar refractivity (Wildman–Crippen MR) is 140 cm³/mol. The van der Waals surface area contributed by atoms with E-state index in [1.807, 2.05) is 6.92 Å². The van der Waals surface area contributed by atoms with Crippen LogP contribution in [-0.4, -0.2) is 63.0 Å². The number of aromatic nitrogens is 2. The van der Waals surface area contributed by atoms with Crippen LogP contribution >= 0.6 is 11.6 Å². The van der Waals surface area contributed by atoms with Gasteiger partial charge in [-0.25, -0.2) is 14.8 Å². The first kappa shape index (κ1) is 26.2. The van der Waals surface area contributed by atoms with Crippen LogP contribution in [-0.2, 0) is 9.59 Å². The number of aliphatic carboxylic acids is 2. The summed E-state index contributed by atoms with van der Waals surface area (Å²) < 4.78 is 16.1. The number of fused-ring (bicyclic) bond motifs is 3. The first-order valence-electron chi connectivity index (χ1n) is 12.9. The maximum Gasteiger partial charge on any atom is 0.326 e. The van der Waals surface area contributed by atoms with Crippen molar-refractivity contribution in [2.24, 2.45) is 28.5 Å². The highest BCUT2D eigenvalue weighted by Crippen LogP contribution is 2.47. The lowest BCUT2D eigenvalue weighted by Crippen LogP contribution is -2.51. The molecule has 11 nitrogen and oxygen atoms in total. The van der Waals surface area contributed by atoms with Crippen molar-refractivity contribution in [2.45, 2.75) is 63.6 Å². The molecule has 38 heavy (non-hydrogen) atoms. The largest absolute Gasteiger partial charge is 0.481 e. The minimum Gasteiger partial charge on any atom is -0.481 e. The second kappa shape index (κ2) is 10.4. The van der Waals surface area contributed by atoms with Gasteiger partial charge in [-0.05, 0) is 57.3 Å². The number of carbonyl (C=O) groups is 2. The number of allylic oxidation sites excluding steroid dienone is 1. The lowest BCUT2D eigenvalue weighted by molar-refractivity contribution is -0.148. The van der Waals surface area contributed by atoms with Crippen LogP contribution in [0.25, 0.3) is 5.57 Å². The molecule has 4 fully saturated rings. The summed E-state index contributed by atoms with van der Waals surface area (Å²) in [6.45, 7) is 2.14. The molecule has 2 unspecified atom stereocenters. The summed E-state index contributed by atoms with van der Waals surface area (Å²) in [6, 6.07) is -1.78. The molecule has 204 valence electrons. The predicted octanol–water partition coefficient (Wildman–Crippen LogP) is 2.74. The van der Waals surface area contributed by atoms with Crippen molar-refractivity contribution in [3.05, 3.63) is 28.7 Å². The van der Waals surface area contributed by atoms with Crippen LogP contribution in [0.3, 0.4) is 0 Å². The van der Waals surface area contributed by atoms with E-state index in [0.717, 1.165) is 25.7 Å². The highest BCUT2D eigenvalue weighted by Gasteiger charge is 2.48. The van der Waals surface area contributed by atoms with Crippen molar-refractivity contribution in [2.75, 3.05) is 16.8 Å². The average Bonchev–Trinajstić information content (AvgIpc) is 3.53. The van der Waals surface area contributed by atoms with Gasteiger partial charge in [0.25, 0.3) is 0 Å². The Hall–Kier alpha value is -3.41. The molecule has 2 aliphatic heterocycles. The van der Waals surface area contributed by atoms with E-state index in [-0.39, 0.29) is 40.5 Å². The number of hydrogen-bond donors (Lipinski definition) is 5. The third-order valence-corrected chi connectivity index (χ3v) is 8.45. The smallest absolute Gasteiger partial charge is 0.326 e. The molecule has 6 rings (SSSR count). The maximum atomic E-state index is 16.1. The Labute approximate surface area is 224 Å². The normalized spacial score (nSPS) is 30.7. The van der Waals surface area contributed by atoms with Gasteiger partial charge in [0.15, 0.2) is 17.5 Å². The van der Waals surface area contributed by atoms with E-state index >= 15 is 4.39 Å². The topological polar surface area (TPSA) is 166 Å². The third kappa shape index (κ3) is 4.65. The molecule has 1 aromatic heterocycles. The zero-order valence-electron chi connectivity index (χ0n) is 20.9. The van der Waals surface area contributed by atoms with Crippen molar-refractivity contribution in [1.29, 1.82) is 0 Å². The molecular formula is C25H31ClFN7O4. The van der Waals surface area contributed by atoms with Crippen LogP contribution in [0.1, 0.15) is 51.3 Å². The van der Waals surface area contributed by atoms with Crippen molar-refractivity contribution in [3.63, 3.8) is 0 Å². The number of anilines is 2. The molecule has 0 radical (unpaired) electrons. The lowest BCUT2D eigenvalue weighted by atomic mass is 9.61. The van der Waals surface area contributed by atoms with Gasteiger partial charge in [0, 0.05) is 25.0 Å². The van der Waals surface area contributed by atoms with Crippen molar-refractivity contribution < 1.29 is 24.2 Å². The van der Waals surface area contributed by atoms with Crippen molar-refractivity contribution in [1.82, 2.24) is 15.3 Å². The van der Waals surface area contributed by atoms with Gasteiger partial charge < -0.3 is 31.5 Å². The molecule has 3 aliphatic carbocycles. The number of halogens is 2. The molecule has 4 atom stereocenters. The molecule has 0 amide bonds. The van der Waals surface area contributed by atoms with Gasteiger partial charge in [0.1, 0.15) is 11.2 Å². The van der Waals surface area contributed by atoms with Gasteiger partial charge >= 0.3 is 11.9 Å². The molecular weight excluding hydrogens is 517 g/mol.